The van der Waals surface area contributed by atoms with E-state index in [9.17, 15) is 0 Å². The van der Waals surface area contributed by atoms with Crippen molar-refractivity contribution in [3.05, 3.63) is 0 Å². The summed E-state index contributed by atoms with van der Waals surface area (Å²) in [6.45, 7) is 0. The molecule has 6 heteroatoms. The fraction of sp³-hybridized carbons (Fsp3) is 0. The van der Waals surface area contributed by atoms with Gasteiger partial charge in [0.25, 0.3) is 0 Å². The van der Waals surface area contributed by atoms with E-state index in [-0.39, 0.29) is 65.9 Å². The van der Waals surface area contributed by atoms with Crippen molar-refractivity contribution in [2.45, 2.75) is 0 Å². The van der Waals surface area contributed by atoms with Crippen LogP contribution >= 0.6 is 0 Å². The van der Waals surface area contributed by atoms with Crippen LogP contribution in [0.1, 0.15) is 0 Å². The molecule has 2 N–H and O–H groups in total. The van der Waals surface area contributed by atoms with Crippen LogP contribution in [0.5, 0.6) is 0 Å². The van der Waals surface area contributed by atoms with Crippen molar-refractivity contribution in [1.29, 1.82) is 0 Å². The standard InChI is InChI=1S/Ba.Cu.H2O3Si.2H/c;;1-4(2)3;;/h;;1-2H;;. The van der Waals surface area contributed by atoms with Crippen molar-refractivity contribution in [2.75, 3.05) is 0 Å². The minimum Gasteiger partial charge on any atom is 0 e. The summed E-state index contributed by atoms with van der Waals surface area (Å²) in [5, 5.41) is 0. The summed E-state index contributed by atoms with van der Waals surface area (Å²) in [5.41, 5.74) is 0. The minimum atomic E-state index is -3.13. The fourth-order valence-electron chi connectivity index (χ4n) is 0. The zero-order valence-corrected chi connectivity index (χ0v) is 4.05. The maximum Gasteiger partial charge on any atom is 0 e. The van der Waals surface area contributed by atoms with E-state index in [0.29, 0.717) is 0 Å². The van der Waals surface area contributed by atoms with Gasteiger partial charge in [0.15, 0.2) is 0 Å². The Morgan fingerprint density at radius 2 is 1.33 bits per heavy atom. The minimum absolute atomic E-state index is 0. The molecule has 1 radical (unpaired) electrons. The molecule has 6 heavy (non-hydrogen) atoms. The Morgan fingerprint density at radius 1 is 1.33 bits per heavy atom. The van der Waals surface area contributed by atoms with Crippen molar-refractivity contribution in [3.8, 4) is 0 Å². The molecular formula is H4BaCuO3Si. The molecule has 0 aliphatic rings. The first-order valence-electron chi connectivity index (χ1n) is 0.651. The Kier molecular flexibility index (Phi) is 25.7. The molecule has 0 saturated heterocycles. The smallest absolute Gasteiger partial charge is 0 e. The zero-order chi connectivity index (χ0) is 3.58. The third-order valence-electron chi connectivity index (χ3n) is 0. The quantitative estimate of drug-likeness (QED) is 0.481. The summed E-state index contributed by atoms with van der Waals surface area (Å²) in [4.78, 5) is 14.3. The molecule has 0 heterocycles. The Hall–Kier alpha value is 1.71. The Labute approximate surface area is 87.6 Å². The first-order valence-corrected chi connectivity index (χ1v) is 1.95. The summed E-state index contributed by atoms with van der Waals surface area (Å²) in [5.74, 6) is 0. The van der Waals surface area contributed by atoms with Gasteiger partial charge in [0.05, 0.1) is 0 Å². The number of rotatable bonds is 0. The molecule has 0 unspecified atom stereocenters. The van der Waals surface area contributed by atoms with Crippen LogP contribution in [0.4, 0.5) is 0 Å². The topological polar surface area (TPSA) is 57.5 Å². The van der Waals surface area contributed by atoms with E-state index in [1.807, 2.05) is 0 Å². The molecule has 39 valence electrons. The molecule has 3 nitrogen and oxygen atoms in total. The maximum absolute atomic E-state index is 8.74. The van der Waals surface area contributed by atoms with Gasteiger partial charge in [-0.25, -0.2) is 0 Å². The van der Waals surface area contributed by atoms with Crippen LogP contribution in [0.2, 0.25) is 0 Å². The van der Waals surface area contributed by atoms with Crippen LogP contribution in [0.15, 0.2) is 0 Å². The van der Waals surface area contributed by atoms with Crippen LogP contribution in [0.25, 0.3) is 0 Å². The Balaban J connectivity index is -0.0000000450. The van der Waals surface area contributed by atoms with E-state index in [1.165, 1.54) is 0 Å². The molecule has 0 aliphatic heterocycles. The van der Waals surface area contributed by atoms with Gasteiger partial charge in [0.1, 0.15) is 0 Å². The molecule has 0 aromatic carbocycles. The van der Waals surface area contributed by atoms with Gasteiger partial charge in [-0.1, -0.05) is 0 Å². The predicted molar refractivity (Wildman–Crippen MR) is 19.4 cm³/mol. The van der Waals surface area contributed by atoms with Crippen LogP contribution in [0.3, 0.4) is 0 Å². The second kappa shape index (κ2) is 9.86. The van der Waals surface area contributed by atoms with Gasteiger partial charge in [0.2, 0.25) is 0 Å². The van der Waals surface area contributed by atoms with Crippen molar-refractivity contribution < 1.29 is 31.1 Å². The summed E-state index contributed by atoms with van der Waals surface area (Å²) >= 11 is 0. The van der Waals surface area contributed by atoms with Crippen molar-refractivity contribution >= 4 is 58.1 Å². The summed E-state index contributed by atoms with van der Waals surface area (Å²) in [6.07, 6.45) is 0. The number of hydrogen-bond donors (Lipinski definition) is 2. The zero-order valence-electron chi connectivity index (χ0n) is 2.10. The summed E-state index contributed by atoms with van der Waals surface area (Å²) in [7, 11) is -3.13. The van der Waals surface area contributed by atoms with E-state index in [0.717, 1.165) is 0 Å². The maximum atomic E-state index is 8.74. The number of hydrogen-bond acceptors (Lipinski definition) is 1. The molecule has 0 aromatic rings. The van der Waals surface area contributed by atoms with E-state index in [4.69, 9.17) is 14.1 Å². The molecule has 0 fully saturated rings. The first kappa shape index (κ1) is 15.6. The average molecular weight is 281 g/mol. The second-order valence-corrected chi connectivity index (χ2v) is 0.848. The van der Waals surface area contributed by atoms with Crippen molar-refractivity contribution in [2.24, 2.45) is 0 Å². The molecule has 0 bridgehead atoms. The molecule has 0 spiro atoms. The Bertz CT molecular complexity index is 33.8. The van der Waals surface area contributed by atoms with Gasteiger partial charge < -0.3 is 9.59 Å². The molecule has 0 amide bonds. The summed E-state index contributed by atoms with van der Waals surface area (Å²) < 4.78 is 8.74. The third kappa shape index (κ3) is 43.4. The van der Waals surface area contributed by atoms with Gasteiger partial charge in [-0.05, 0) is 0 Å². The van der Waals surface area contributed by atoms with Crippen LogP contribution in [-0.4, -0.2) is 67.6 Å². The van der Waals surface area contributed by atoms with Crippen molar-refractivity contribution in [1.82, 2.24) is 0 Å². The van der Waals surface area contributed by atoms with Crippen LogP contribution < -0.4 is 0 Å². The molecule has 0 atom stereocenters. The normalized spacial score (nSPS) is 4.00. The average Bonchev–Trinajstić information content (AvgIpc) is 0.811. The molecular weight excluding hydrogens is 277 g/mol. The largest absolute Gasteiger partial charge is 0 e. The van der Waals surface area contributed by atoms with Crippen molar-refractivity contribution in [3.63, 3.8) is 0 Å². The van der Waals surface area contributed by atoms with E-state index in [2.05, 4.69) is 0 Å². The van der Waals surface area contributed by atoms with Gasteiger partial charge >= 0.3 is 58.1 Å². The second-order valence-electron chi connectivity index (χ2n) is 0.283. The Morgan fingerprint density at radius 3 is 1.33 bits per heavy atom. The van der Waals surface area contributed by atoms with E-state index >= 15 is 0 Å². The monoisotopic (exact) mass is 281 g/mol. The van der Waals surface area contributed by atoms with Gasteiger partial charge in [-0.15, -0.1) is 0 Å². The van der Waals surface area contributed by atoms with Gasteiger partial charge in [-0.2, -0.15) is 0 Å². The first-order chi connectivity index (χ1) is 1.73. The molecule has 0 aliphatic carbocycles. The fourth-order valence-corrected chi connectivity index (χ4v) is 0. The summed E-state index contributed by atoms with van der Waals surface area (Å²) in [6, 6.07) is 0. The molecule has 0 saturated carbocycles. The van der Waals surface area contributed by atoms with E-state index < -0.39 is 9.17 Å². The van der Waals surface area contributed by atoms with E-state index in [1.54, 1.807) is 0 Å². The molecule has 0 aromatic heterocycles. The SMILES string of the molecule is O=[Si](O)O.[BaH2].[Cu]. The van der Waals surface area contributed by atoms with Crippen LogP contribution in [-0.2, 0) is 21.5 Å². The molecule has 0 rings (SSSR count). The van der Waals surface area contributed by atoms with Gasteiger partial charge in [-0.3, -0.25) is 4.46 Å². The third-order valence-corrected chi connectivity index (χ3v) is 0. The predicted octanol–water partition coefficient (Wildman–Crippen LogP) is -2.53. The van der Waals surface area contributed by atoms with Crippen LogP contribution in [0, 0.1) is 0 Å². The van der Waals surface area contributed by atoms with Gasteiger partial charge in [0, 0.05) is 17.1 Å².